The SMILES string of the molecule is COc1ccc(Cl)cc1C(=O)OCC(=O)NC1(C#N)CCCC1. The van der Waals surface area contributed by atoms with Crippen LogP contribution in [-0.2, 0) is 9.53 Å². The van der Waals surface area contributed by atoms with E-state index < -0.39 is 24.0 Å². The Bertz CT molecular complexity index is 648. The number of amides is 1. The maximum atomic E-state index is 12.1. The van der Waals surface area contributed by atoms with E-state index in [1.165, 1.54) is 13.2 Å². The molecule has 1 fully saturated rings. The van der Waals surface area contributed by atoms with Crippen molar-refractivity contribution in [2.75, 3.05) is 13.7 Å². The van der Waals surface area contributed by atoms with Crippen molar-refractivity contribution >= 4 is 23.5 Å². The highest BCUT2D eigenvalue weighted by molar-refractivity contribution is 6.31. The van der Waals surface area contributed by atoms with Crippen LogP contribution in [0.15, 0.2) is 18.2 Å². The first-order valence-corrected chi connectivity index (χ1v) is 7.60. The average molecular weight is 337 g/mol. The fourth-order valence-electron chi connectivity index (χ4n) is 2.59. The molecule has 23 heavy (non-hydrogen) atoms. The Labute approximate surface area is 139 Å². The first kappa shape index (κ1) is 17.1. The molecule has 2 rings (SSSR count). The standard InChI is InChI=1S/C16H17ClN2O4/c1-22-13-5-4-11(17)8-12(13)15(21)23-9-14(20)19-16(10-18)6-2-3-7-16/h4-5,8H,2-3,6-7,9H2,1H3,(H,19,20). The summed E-state index contributed by atoms with van der Waals surface area (Å²) in [6.45, 7) is -0.460. The van der Waals surface area contributed by atoms with Crippen molar-refractivity contribution in [1.29, 1.82) is 5.26 Å². The minimum Gasteiger partial charge on any atom is -0.496 e. The molecular weight excluding hydrogens is 320 g/mol. The van der Waals surface area contributed by atoms with Gasteiger partial charge in [0.05, 0.1) is 13.2 Å². The van der Waals surface area contributed by atoms with Gasteiger partial charge in [0.2, 0.25) is 0 Å². The van der Waals surface area contributed by atoms with Crippen molar-refractivity contribution in [3.63, 3.8) is 0 Å². The van der Waals surface area contributed by atoms with Gasteiger partial charge in [-0.25, -0.2) is 4.79 Å². The first-order valence-electron chi connectivity index (χ1n) is 7.22. The molecule has 0 heterocycles. The molecule has 0 bridgehead atoms. The molecule has 1 aliphatic carbocycles. The zero-order valence-corrected chi connectivity index (χ0v) is 13.5. The van der Waals surface area contributed by atoms with Crippen molar-refractivity contribution in [1.82, 2.24) is 5.32 Å². The van der Waals surface area contributed by atoms with Gasteiger partial charge in [-0.2, -0.15) is 5.26 Å². The summed E-state index contributed by atoms with van der Waals surface area (Å²) in [4.78, 5) is 24.0. The van der Waals surface area contributed by atoms with Crippen LogP contribution in [0.2, 0.25) is 5.02 Å². The molecule has 0 aliphatic heterocycles. The van der Waals surface area contributed by atoms with Crippen LogP contribution in [0.1, 0.15) is 36.0 Å². The monoisotopic (exact) mass is 336 g/mol. The third kappa shape index (κ3) is 4.14. The van der Waals surface area contributed by atoms with Gasteiger partial charge in [-0.3, -0.25) is 4.79 Å². The van der Waals surface area contributed by atoms with Gasteiger partial charge >= 0.3 is 5.97 Å². The highest BCUT2D eigenvalue weighted by Gasteiger charge is 2.35. The van der Waals surface area contributed by atoms with E-state index in [1.54, 1.807) is 12.1 Å². The topological polar surface area (TPSA) is 88.4 Å². The summed E-state index contributed by atoms with van der Waals surface area (Å²) in [6.07, 6.45) is 3.03. The summed E-state index contributed by atoms with van der Waals surface area (Å²) in [5.41, 5.74) is -0.694. The Morgan fingerprint density at radius 1 is 1.39 bits per heavy atom. The summed E-state index contributed by atoms with van der Waals surface area (Å²) in [5, 5.41) is 12.2. The minimum atomic E-state index is -0.836. The van der Waals surface area contributed by atoms with Crippen LogP contribution >= 0.6 is 11.6 Å². The number of carbonyl (C=O) groups is 2. The fourth-order valence-corrected chi connectivity index (χ4v) is 2.77. The van der Waals surface area contributed by atoms with Crippen molar-refractivity contribution < 1.29 is 19.1 Å². The third-order valence-electron chi connectivity index (χ3n) is 3.77. The molecule has 0 spiro atoms. The van der Waals surface area contributed by atoms with Crippen LogP contribution in [-0.4, -0.2) is 31.1 Å². The van der Waals surface area contributed by atoms with Gasteiger partial charge in [0.15, 0.2) is 6.61 Å². The molecule has 1 aliphatic rings. The fraction of sp³-hybridized carbons (Fsp3) is 0.438. The Hall–Kier alpha value is -2.26. The number of carbonyl (C=O) groups excluding carboxylic acids is 2. The second kappa shape index (κ2) is 7.34. The number of ether oxygens (including phenoxy) is 2. The number of nitrogens with zero attached hydrogens (tertiary/aromatic N) is 1. The lowest BCUT2D eigenvalue weighted by molar-refractivity contribution is -0.125. The van der Waals surface area contributed by atoms with Crippen LogP contribution in [0.25, 0.3) is 0 Å². The summed E-state index contributed by atoms with van der Waals surface area (Å²) in [7, 11) is 1.42. The molecule has 1 N–H and O–H groups in total. The predicted octanol–water partition coefficient (Wildman–Crippen LogP) is 2.46. The number of hydrogen-bond donors (Lipinski definition) is 1. The molecule has 7 heteroatoms. The van der Waals surface area contributed by atoms with Crippen molar-refractivity contribution in [3.8, 4) is 11.8 Å². The summed E-state index contributed by atoms with van der Waals surface area (Å²) >= 11 is 5.85. The van der Waals surface area contributed by atoms with E-state index in [0.29, 0.717) is 23.6 Å². The normalized spacial score (nSPS) is 15.5. The number of benzene rings is 1. The Kier molecular flexibility index (Phi) is 5.45. The van der Waals surface area contributed by atoms with E-state index in [-0.39, 0.29) is 5.56 Å². The maximum absolute atomic E-state index is 12.1. The molecular formula is C16H17ClN2O4. The van der Waals surface area contributed by atoms with E-state index in [1.807, 2.05) is 0 Å². The molecule has 6 nitrogen and oxygen atoms in total. The van der Waals surface area contributed by atoms with E-state index in [0.717, 1.165) is 12.8 Å². The molecule has 0 saturated heterocycles. The molecule has 0 atom stereocenters. The minimum absolute atomic E-state index is 0.142. The van der Waals surface area contributed by atoms with Crippen molar-refractivity contribution in [3.05, 3.63) is 28.8 Å². The second-order valence-electron chi connectivity index (χ2n) is 5.37. The molecule has 0 unspecified atom stereocenters. The largest absolute Gasteiger partial charge is 0.496 e. The average Bonchev–Trinajstić information content (AvgIpc) is 3.01. The van der Waals surface area contributed by atoms with Gasteiger partial charge < -0.3 is 14.8 Å². The van der Waals surface area contributed by atoms with E-state index in [9.17, 15) is 14.9 Å². The van der Waals surface area contributed by atoms with Gasteiger partial charge in [-0.05, 0) is 43.9 Å². The quantitative estimate of drug-likeness (QED) is 0.834. The van der Waals surface area contributed by atoms with E-state index >= 15 is 0 Å². The van der Waals surface area contributed by atoms with Crippen LogP contribution < -0.4 is 10.1 Å². The molecule has 0 radical (unpaired) electrons. The van der Waals surface area contributed by atoms with Gasteiger partial charge in [-0.1, -0.05) is 11.6 Å². The smallest absolute Gasteiger partial charge is 0.342 e. The zero-order chi connectivity index (χ0) is 16.9. The number of hydrogen-bond acceptors (Lipinski definition) is 5. The van der Waals surface area contributed by atoms with Crippen molar-refractivity contribution in [2.24, 2.45) is 0 Å². The second-order valence-corrected chi connectivity index (χ2v) is 5.81. The van der Waals surface area contributed by atoms with Crippen LogP contribution in [0.4, 0.5) is 0 Å². The van der Waals surface area contributed by atoms with Gasteiger partial charge in [0.1, 0.15) is 16.9 Å². The highest BCUT2D eigenvalue weighted by atomic mass is 35.5. The maximum Gasteiger partial charge on any atom is 0.342 e. The third-order valence-corrected chi connectivity index (χ3v) is 4.00. The lowest BCUT2D eigenvalue weighted by Crippen LogP contribution is -2.46. The lowest BCUT2D eigenvalue weighted by atomic mass is 10.00. The number of nitrogens with one attached hydrogen (secondary N) is 1. The molecule has 0 aromatic heterocycles. The first-order chi connectivity index (χ1) is 11.0. The molecule has 1 aromatic carbocycles. The lowest BCUT2D eigenvalue weighted by Gasteiger charge is -2.21. The number of esters is 1. The van der Waals surface area contributed by atoms with Crippen LogP contribution in [0.3, 0.4) is 0 Å². The Balaban J connectivity index is 1.95. The molecule has 1 amide bonds. The van der Waals surface area contributed by atoms with Crippen molar-refractivity contribution in [2.45, 2.75) is 31.2 Å². The van der Waals surface area contributed by atoms with Gasteiger partial charge in [0, 0.05) is 5.02 Å². The summed E-state index contributed by atoms with van der Waals surface area (Å²) in [6, 6.07) is 6.68. The summed E-state index contributed by atoms with van der Waals surface area (Å²) < 4.78 is 10.1. The molecule has 122 valence electrons. The summed E-state index contributed by atoms with van der Waals surface area (Å²) in [5.74, 6) is -0.899. The van der Waals surface area contributed by atoms with Crippen LogP contribution in [0, 0.1) is 11.3 Å². The molecule has 1 aromatic rings. The predicted molar refractivity (Wildman–Crippen MR) is 83.2 cm³/mol. The van der Waals surface area contributed by atoms with Crippen LogP contribution in [0.5, 0.6) is 5.75 Å². The number of nitriles is 1. The Morgan fingerprint density at radius 3 is 2.70 bits per heavy atom. The molecule has 1 saturated carbocycles. The number of halogens is 1. The zero-order valence-electron chi connectivity index (χ0n) is 12.7. The van der Waals surface area contributed by atoms with E-state index in [4.69, 9.17) is 21.1 Å². The van der Waals surface area contributed by atoms with E-state index in [2.05, 4.69) is 11.4 Å². The van der Waals surface area contributed by atoms with Gasteiger partial charge in [0.25, 0.3) is 5.91 Å². The van der Waals surface area contributed by atoms with Gasteiger partial charge in [-0.15, -0.1) is 0 Å². The number of rotatable bonds is 5. The Morgan fingerprint density at radius 2 is 2.09 bits per heavy atom. The number of methoxy groups -OCH3 is 1. The highest BCUT2D eigenvalue weighted by Crippen LogP contribution is 2.28.